The first-order chi connectivity index (χ1) is 14.0. The Hall–Kier alpha value is -2.87. The van der Waals surface area contributed by atoms with Crippen LogP contribution in [-0.4, -0.2) is 73.3 Å². The normalized spacial score (nSPS) is 18.3. The van der Waals surface area contributed by atoms with Crippen LogP contribution in [0.4, 0.5) is 0 Å². The average Bonchev–Trinajstić information content (AvgIpc) is 3.16. The SMILES string of the molecule is COc1cccc(CC2(C(=O)N3CCOCC3)CN(C(=O)c3cc(C)on3)C2)c1. The Morgan fingerprint density at radius 3 is 2.59 bits per heavy atom. The molecule has 0 unspecified atom stereocenters. The summed E-state index contributed by atoms with van der Waals surface area (Å²) in [4.78, 5) is 29.7. The molecule has 0 saturated carbocycles. The summed E-state index contributed by atoms with van der Waals surface area (Å²) in [5.41, 5.74) is 0.629. The molecular formula is C21H25N3O5. The van der Waals surface area contributed by atoms with E-state index in [1.165, 1.54) is 0 Å². The minimum Gasteiger partial charge on any atom is -0.497 e. The van der Waals surface area contributed by atoms with Crippen molar-refractivity contribution < 1.29 is 23.6 Å². The van der Waals surface area contributed by atoms with E-state index in [2.05, 4.69) is 5.16 Å². The lowest BCUT2D eigenvalue weighted by Gasteiger charge is -2.50. The second-order valence-corrected chi connectivity index (χ2v) is 7.70. The van der Waals surface area contributed by atoms with Crippen molar-refractivity contribution in [1.82, 2.24) is 15.0 Å². The van der Waals surface area contributed by atoms with E-state index in [0.29, 0.717) is 51.6 Å². The minimum absolute atomic E-state index is 0.0732. The van der Waals surface area contributed by atoms with Gasteiger partial charge in [-0.25, -0.2) is 0 Å². The zero-order valence-electron chi connectivity index (χ0n) is 16.7. The molecule has 3 heterocycles. The second kappa shape index (κ2) is 7.87. The topological polar surface area (TPSA) is 85.1 Å². The van der Waals surface area contributed by atoms with Gasteiger partial charge < -0.3 is 23.8 Å². The number of methoxy groups -OCH3 is 1. The summed E-state index contributed by atoms with van der Waals surface area (Å²) in [6.07, 6.45) is 0.544. The maximum Gasteiger partial charge on any atom is 0.276 e. The number of hydrogen-bond acceptors (Lipinski definition) is 6. The molecule has 8 heteroatoms. The van der Waals surface area contributed by atoms with Crippen LogP contribution >= 0.6 is 0 Å². The maximum atomic E-state index is 13.4. The highest BCUT2D eigenvalue weighted by molar-refractivity contribution is 5.95. The fraction of sp³-hybridized carbons (Fsp3) is 0.476. The molecule has 29 heavy (non-hydrogen) atoms. The highest BCUT2D eigenvalue weighted by Gasteiger charge is 2.53. The third-order valence-corrected chi connectivity index (χ3v) is 5.55. The van der Waals surface area contributed by atoms with Gasteiger partial charge in [-0.2, -0.15) is 0 Å². The number of rotatable bonds is 5. The lowest BCUT2D eigenvalue weighted by Crippen LogP contribution is -2.66. The predicted molar refractivity (Wildman–Crippen MR) is 104 cm³/mol. The van der Waals surface area contributed by atoms with Gasteiger partial charge in [-0.1, -0.05) is 17.3 Å². The minimum atomic E-state index is -0.655. The molecular weight excluding hydrogens is 374 g/mol. The number of morpholine rings is 1. The van der Waals surface area contributed by atoms with Crippen LogP contribution in [-0.2, 0) is 16.0 Å². The van der Waals surface area contributed by atoms with Crippen molar-refractivity contribution in [2.75, 3.05) is 46.5 Å². The van der Waals surface area contributed by atoms with Crippen LogP contribution < -0.4 is 4.74 Å². The molecule has 1 aromatic carbocycles. The van der Waals surface area contributed by atoms with Gasteiger partial charge in [0, 0.05) is 32.2 Å². The number of likely N-dealkylation sites (tertiary alicyclic amines) is 1. The highest BCUT2D eigenvalue weighted by Crippen LogP contribution is 2.38. The molecule has 8 nitrogen and oxygen atoms in total. The van der Waals surface area contributed by atoms with Gasteiger partial charge in [-0.05, 0) is 31.0 Å². The Morgan fingerprint density at radius 1 is 1.17 bits per heavy atom. The van der Waals surface area contributed by atoms with E-state index in [9.17, 15) is 9.59 Å². The molecule has 2 aliphatic heterocycles. The zero-order chi connectivity index (χ0) is 20.4. The van der Waals surface area contributed by atoms with Crippen LogP contribution in [0, 0.1) is 12.3 Å². The van der Waals surface area contributed by atoms with Gasteiger partial charge in [-0.15, -0.1) is 0 Å². The van der Waals surface area contributed by atoms with Crippen molar-refractivity contribution in [2.24, 2.45) is 5.41 Å². The zero-order valence-corrected chi connectivity index (χ0v) is 16.7. The summed E-state index contributed by atoms with van der Waals surface area (Å²) in [5, 5.41) is 3.81. The summed E-state index contributed by atoms with van der Waals surface area (Å²) in [7, 11) is 1.62. The van der Waals surface area contributed by atoms with Crippen molar-refractivity contribution in [3.8, 4) is 5.75 Å². The number of carbonyl (C=O) groups is 2. The number of aryl methyl sites for hydroxylation is 1. The summed E-state index contributed by atoms with van der Waals surface area (Å²) in [6.45, 7) is 4.69. The molecule has 0 bridgehead atoms. The first-order valence-electron chi connectivity index (χ1n) is 9.73. The lowest BCUT2D eigenvalue weighted by molar-refractivity contribution is -0.155. The monoisotopic (exact) mass is 399 g/mol. The second-order valence-electron chi connectivity index (χ2n) is 7.70. The van der Waals surface area contributed by atoms with Gasteiger partial charge >= 0.3 is 0 Å². The van der Waals surface area contributed by atoms with Crippen LogP contribution in [0.5, 0.6) is 5.75 Å². The molecule has 0 aliphatic carbocycles. The average molecular weight is 399 g/mol. The number of aromatic nitrogens is 1. The third kappa shape index (κ3) is 3.85. The number of ether oxygens (including phenoxy) is 2. The number of benzene rings is 1. The standard InChI is InChI=1S/C21H25N3O5/c1-15-10-18(22-29-15)19(25)24-13-21(14-24,20(26)23-6-8-28-9-7-23)12-16-4-3-5-17(11-16)27-2/h3-5,10-11H,6-9,12-14H2,1-2H3. The van der Waals surface area contributed by atoms with Crippen LogP contribution in [0.25, 0.3) is 0 Å². The first kappa shape index (κ1) is 19.4. The van der Waals surface area contributed by atoms with Crippen LogP contribution in [0.2, 0.25) is 0 Å². The molecule has 154 valence electrons. The maximum absolute atomic E-state index is 13.4. The van der Waals surface area contributed by atoms with E-state index in [4.69, 9.17) is 14.0 Å². The van der Waals surface area contributed by atoms with Gasteiger partial charge in [0.1, 0.15) is 11.5 Å². The number of amides is 2. The molecule has 2 saturated heterocycles. The van der Waals surface area contributed by atoms with Crippen molar-refractivity contribution >= 4 is 11.8 Å². The molecule has 4 rings (SSSR count). The summed E-state index contributed by atoms with van der Waals surface area (Å²) in [6, 6.07) is 9.35. The Bertz CT molecular complexity index is 897. The van der Waals surface area contributed by atoms with Crippen LogP contribution in [0.1, 0.15) is 21.8 Å². The van der Waals surface area contributed by atoms with E-state index in [0.717, 1.165) is 11.3 Å². The van der Waals surface area contributed by atoms with Gasteiger partial charge in [0.05, 0.1) is 25.7 Å². The van der Waals surface area contributed by atoms with E-state index in [-0.39, 0.29) is 17.5 Å². The molecule has 2 aliphatic rings. The number of hydrogen-bond donors (Lipinski definition) is 0. The van der Waals surface area contributed by atoms with Crippen LogP contribution in [0.3, 0.4) is 0 Å². The molecule has 0 spiro atoms. The Morgan fingerprint density at radius 2 is 1.93 bits per heavy atom. The molecule has 0 radical (unpaired) electrons. The van der Waals surface area contributed by atoms with E-state index >= 15 is 0 Å². The van der Waals surface area contributed by atoms with Crippen molar-refractivity contribution in [3.63, 3.8) is 0 Å². The van der Waals surface area contributed by atoms with Gasteiger partial charge in [-0.3, -0.25) is 9.59 Å². The molecule has 1 aromatic heterocycles. The molecule has 2 fully saturated rings. The molecule has 0 N–H and O–H groups in total. The van der Waals surface area contributed by atoms with Crippen molar-refractivity contribution in [3.05, 3.63) is 47.3 Å². The van der Waals surface area contributed by atoms with Gasteiger partial charge in [0.15, 0.2) is 5.69 Å². The highest BCUT2D eigenvalue weighted by atomic mass is 16.5. The van der Waals surface area contributed by atoms with Crippen LogP contribution in [0.15, 0.2) is 34.9 Å². The van der Waals surface area contributed by atoms with E-state index in [1.807, 2.05) is 29.2 Å². The Kier molecular flexibility index (Phi) is 5.27. The fourth-order valence-electron chi connectivity index (χ4n) is 4.05. The summed E-state index contributed by atoms with van der Waals surface area (Å²) in [5.74, 6) is 1.20. The molecule has 2 aromatic rings. The fourth-order valence-corrected chi connectivity index (χ4v) is 4.05. The Labute approximate surface area is 169 Å². The first-order valence-corrected chi connectivity index (χ1v) is 9.73. The van der Waals surface area contributed by atoms with E-state index in [1.54, 1.807) is 25.0 Å². The predicted octanol–water partition coefficient (Wildman–Crippen LogP) is 1.54. The van der Waals surface area contributed by atoms with Crippen molar-refractivity contribution in [1.29, 1.82) is 0 Å². The lowest BCUT2D eigenvalue weighted by atomic mass is 9.73. The third-order valence-electron chi connectivity index (χ3n) is 5.55. The number of carbonyl (C=O) groups excluding carboxylic acids is 2. The quantitative estimate of drug-likeness (QED) is 0.758. The van der Waals surface area contributed by atoms with Gasteiger partial charge in [0.25, 0.3) is 5.91 Å². The Balaban J connectivity index is 1.55. The molecule has 2 amide bonds. The van der Waals surface area contributed by atoms with E-state index < -0.39 is 5.41 Å². The van der Waals surface area contributed by atoms with Crippen molar-refractivity contribution in [2.45, 2.75) is 13.3 Å². The smallest absolute Gasteiger partial charge is 0.276 e. The molecule has 0 atom stereocenters. The van der Waals surface area contributed by atoms with Gasteiger partial charge in [0.2, 0.25) is 5.91 Å². The largest absolute Gasteiger partial charge is 0.497 e. The summed E-state index contributed by atoms with van der Waals surface area (Å²) >= 11 is 0. The number of nitrogens with zero attached hydrogens (tertiary/aromatic N) is 3. The summed E-state index contributed by atoms with van der Waals surface area (Å²) < 4.78 is 15.7.